The summed E-state index contributed by atoms with van der Waals surface area (Å²) < 4.78 is 5.12. The Bertz CT molecular complexity index is 321. The number of rotatable bonds is 4. The highest BCUT2D eigenvalue weighted by Gasteiger charge is 1.99. The number of nitrogens with one attached hydrogen (secondary N) is 1. The van der Waals surface area contributed by atoms with Gasteiger partial charge in [0.05, 0.1) is 6.07 Å². The van der Waals surface area contributed by atoms with Crippen molar-refractivity contribution < 1.29 is 4.74 Å². The second kappa shape index (κ2) is 4.61. The molecule has 0 aliphatic heterocycles. The Hall–Kier alpha value is -1.36. The molecule has 0 aliphatic rings. The maximum Gasteiger partial charge on any atom is 0.254 e. The predicted octanol–water partition coefficient (Wildman–Crippen LogP) is -0.330. The zero-order chi connectivity index (χ0) is 9.68. The number of hydrogen-bond acceptors (Lipinski definition) is 4. The number of aromatic amines is 1. The fraction of sp³-hybridized carbons (Fsp3) is 0.500. The van der Waals surface area contributed by atoms with Crippen LogP contribution in [0.4, 0.5) is 0 Å². The van der Waals surface area contributed by atoms with Crippen LogP contribution in [0.25, 0.3) is 0 Å². The van der Waals surface area contributed by atoms with Gasteiger partial charge in [-0.2, -0.15) is 0 Å². The van der Waals surface area contributed by atoms with Gasteiger partial charge in [-0.1, -0.05) is 6.92 Å². The quantitative estimate of drug-likeness (QED) is 0.669. The van der Waals surface area contributed by atoms with Gasteiger partial charge in [0.25, 0.3) is 5.56 Å². The number of aryl methyl sites for hydroxylation is 1. The summed E-state index contributed by atoms with van der Waals surface area (Å²) >= 11 is 0. The highest BCUT2D eigenvalue weighted by atomic mass is 16.5. The van der Waals surface area contributed by atoms with Crippen LogP contribution in [0.3, 0.4) is 0 Å². The third-order valence-corrected chi connectivity index (χ3v) is 1.47. The molecule has 72 valence electrons. The molecule has 0 saturated carbocycles. The van der Waals surface area contributed by atoms with E-state index in [2.05, 4.69) is 9.97 Å². The Morgan fingerprint density at radius 2 is 2.46 bits per heavy atom. The fourth-order valence-corrected chi connectivity index (χ4v) is 0.889. The first-order chi connectivity index (χ1) is 6.26. The number of nitrogens with two attached hydrogens (primary N) is 1. The molecular formula is C8H13N3O2. The molecule has 1 aromatic rings. The van der Waals surface area contributed by atoms with E-state index in [1.54, 1.807) is 0 Å². The van der Waals surface area contributed by atoms with Crippen molar-refractivity contribution in [3.8, 4) is 5.88 Å². The van der Waals surface area contributed by atoms with E-state index < -0.39 is 0 Å². The topological polar surface area (TPSA) is 81.0 Å². The fourth-order valence-electron chi connectivity index (χ4n) is 0.889. The molecule has 3 N–H and O–H groups in total. The largest absolute Gasteiger partial charge is 0.476 e. The standard InChI is InChI=1S/C8H13N3O2/c1-2-6-10-7(12)5-8(11-6)13-4-3-9/h5H,2-4,9H2,1H3,(H,10,11,12). The minimum Gasteiger partial charge on any atom is -0.476 e. The summed E-state index contributed by atoms with van der Waals surface area (Å²) in [4.78, 5) is 17.7. The lowest BCUT2D eigenvalue weighted by molar-refractivity contribution is 0.313. The number of ether oxygens (including phenoxy) is 1. The van der Waals surface area contributed by atoms with Gasteiger partial charge in [-0.15, -0.1) is 0 Å². The van der Waals surface area contributed by atoms with E-state index in [1.807, 2.05) is 6.92 Å². The van der Waals surface area contributed by atoms with Gasteiger partial charge in [-0.25, -0.2) is 4.98 Å². The van der Waals surface area contributed by atoms with Gasteiger partial charge in [-0.3, -0.25) is 4.79 Å². The predicted molar refractivity (Wildman–Crippen MR) is 48.8 cm³/mol. The van der Waals surface area contributed by atoms with E-state index in [1.165, 1.54) is 6.07 Å². The zero-order valence-corrected chi connectivity index (χ0v) is 7.54. The Morgan fingerprint density at radius 3 is 3.08 bits per heavy atom. The molecule has 1 rings (SSSR count). The van der Waals surface area contributed by atoms with Gasteiger partial charge in [0.1, 0.15) is 12.4 Å². The van der Waals surface area contributed by atoms with Gasteiger partial charge in [-0.05, 0) is 0 Å². The van der Waals surface area contributed by atoms with Gasteiger partial charge in [0.2, 0.25) is 5.88 Å². The first-order valence-electron chi connectivity index (χ1n) is 4.19. The Labute approximate surface area is 75.9 Å². The molecule has 5 heteroatoms. The van der Waals surface area contributed by atoms with Crippen LogP contribution in [0.2, 0.25) is 0 Å². The van der Waals surface area contributed by atoms with Gasteiger partial charge in [0.15, 0.2) is 0 Å². The van der Waals surface area contributed by atoms with E-state index in [0.29, 0.717) is 31.3 Å². The van der Waals surface area contributed by atoms with Crippen molar-refractivity contribution in [1.82, 2.24) is 9.97 Å². The van der Waals surface area contributed by atoms with Crippen LogP contribution in [-0.4, -0.2) is 23.1 Å². The zero-order valence-electron chi connectivity index (χ0n) is 7.54. The molecule has 0 aliphatic carbocycles. The van der Waals surface area contributed by atoms with Crippen molar-refractivity contribution in [3.05, 3.63) is 22.2 Å². The second-order valence-electron chi connectivity index (χ2n) is 2.52. The van der Waals surface area contributed by atoms with Crippen molar-refractivity contribution in [2.24, 2.45) is 5.73 Å². The molecule has 0 radical (unpaired) electrons. The van der Waals surface area contributed by atoms with E-state index in [4.69, 9.17) is 10.5 Å². The lowest BCUT2D eigenvalue weighted by atomic mass is 10.4. The first-order valence-corrected chi connectivity index (χ1v) is 4.19. The minimum atomic E-state index is -0.195. The summed E-state index contributed by atoms with van der Waals surface area (Å²) in [5.74, 6) is 0.963. The number of hydrogen-bond donors (Lipinski definition) is 2. The SMILES string of the molecule is CCc1nc(OCCN)cc(=O)[nH]1. The average molecular weight is 183 g/mol. The third-order valence-electron chi connectivity index (χ3n) is 1.47. The van der Waals surface area contributed by atoms with Crippen LogP contribution in [-0.2, 0) is 6.42 Å². The van der Waals surface area contributed by atoms with Crippen LogP contribution in [0, 0.1) is 0 Å². The highest BCUT2D eigenvalue weighted by Crippen LogP contribution is 2.01. The molecular weight excluding hydrogens is 170 g/mol. The number of H-pyrrole nitrogens is 1. The van der Waals surface area contributed by atoms with Gasteiger partial charge < -0.3 is 15.5 Å². The van der Waals surface area contributed by atoms with Gasteiger partial charge in [0, 0.05) is 13.0 Å². The van der Waals surface area contributed by atoms with Crippen LogP contribution in [0.15, 0.2) is 10.9 Å². The summed E-state index contributed by atoms with van der Waals surface area (Å²) in [7, 11) is 0. The van der Waals surface area contributed by atoms with Crippen molar-refractivity contribution in [2.45, 2.75) is 13.3 Å². The van der Waals surface area contributed by atoms with Crippen LogP contribution >= 0.6 is 0 Å². The molecule has 5 nitrogen and oxygen atoms in total. The Morgan fingerprint density at radius 1 is 1.69 bits per heavy atom. The molecule has 0 spiro atoms. The molecule has 0 bridgehead atoms. The van der Waals surface area contributed by atoms with Crippen molar-refractivity contribution in [1.29, 1.82) is 0 Å². The van der Waals surface area contributed by atoms with Crippen molar-refractivity contribution >= 4 is 0 Å². The minimum absolute atomic E-state index is 0.195. The molecule has 1 aromatic heterocycles. The number of nitrogens with zero attached hydrogens (tertiary/aromatic N) is 1. The summed E-state index contributed by atoms with van der Waals surface area (Å²) in [5, 5.41) is 0. The third kappa shape index (κ3) is 2.87. The van der Waals surface area contributed by atoms with Crippen LogP contribution in [0.1, 0.15) is 12.7 Å². The normalized spacial score (nSPS) is 10.0. The van der Waals surface area contributed by atoms with E-state index >= 15 is 0 Å². The lowest BCUT2D eigenvalue weighted by Gasteiger charge is -2.03. The molecule has 0 amide bonds. The molecule has 0 atom stereocenters. The smallest absolute Gasteiger partial charge is 0.254 e. The molecule has 0 fully saturated rings. The van der Waals surface area contributed by atoms with Crippen molar-refractivity contribution in [3.63, 3.8) is 0 Å². The summed E-state index contributed by atoms with van der Waals surface area (Å²) in [6.45, 7) is 2.69. The molecule has 13 heavy (non-hydrogen) atoms. The second-order valence-corrected chi connectivity index (χ2v) is 2.52. The van der Waals surface area contributed by atoms with E-state index in [9.17, 15) is 4.79 Å². The highest BCUT2D eigenvalue weighted by molar-refractivity contribution is 5.08. The van der Waals surface area contributed by atoms with E-state index in [0.717, 1.165) is 0 Å². The lowest BCUT2D eigenvalue weighted by Crippen LogP contribution is -2.15. The molecule has 1 heterocycles. The Kier molecular flexibility index (Phi) is 3.45. The Balaban J connectivity index is 2.82. The molecule has 0 aromatic carbocycles. The van der Waals surface area contributed by atoms with Crippen LogP contribution < -0.4 is 16.0 Å². The maximum absolute atomic E-state index is 11.0. The monoisotopic (exact) mass is 183 g/mol. The van der Waals surface area contributed by atoms with E-state index in [-0.39, 0.29) is 5.56 Å². The first kappa shape index (κ1) is 9.73. The molecule has 0 saturated heterocycles. The molecule has 0 unspecified atom stereocenters. The summed E-state index contributed by atoms with van der Waals surface area (Å²) in [6.07, 6.45) is 0.676. The summed E-state index contributed by atoms with van der Waals surface area (Å²) in [5.41, 5.74) is 5.05. The average Bonchev–Trinajstić information content (AvgIpc) is 2.14. The maximum atomic E-state index is 11.0. The number of aromatic nitrogens is 2. The van der Waals surface area contributed by atoms with Crippen LogP contribution in [0.5, 0.6) is 5.88 Å². The van der Waals surface area contributed by atoms with Crippen molar-refractivity contribution in [2.75, 3.05) is 13.2 Å². The van der Waals surface area contributed by atoms with Gasteiger partial charge >= 0.3 is 0 Å². The summed E-state index contributed by atoms with van der Waals surface area (Å²) in [6, 6.07) is 1.31.